The molecule has 0 aliphatic heterocycles. The Labute approximate surface area is 138 Å². The molecule has 0 spiro atoms. The third-order valence-corrected chi connectivity index (χ3v) is 4.44. The fraction of sp³-hybridized carbons (Fsp3) is 0.950. The summed E-state index contributed by atoms with van der Waals surface area (Å²) in [5, 5.41) is 0. The molecule has 0 unspecified atom stereocenters. The van der Waals surface area contributed by atoms with Crippen LogP contribution in [-0.2, 0) is 0 Å². The Balaban J connectivity index is 3.11. The molecule has 0 aromatic heterocycles. The van der Waals surface area contributed by atoms with E-state index in [0.29, 0.717) is 12.8 Å². The maximum atomic E-state index is 13.2. The van der Waals surface area contributed by atoms with Crippen molar-refractivity contribution in [3.8, 4) is 0 Å². The Morgan fingerprint density at radius 1 is 0.591 bits per heavy atom. The van der Waals surface area contributed by atoms with Gasteiger partial charge in [-0.1, -0.05) is 97.3 Å². The molecular weight excluding hydrogens is 278 g/mol. The smallest absolute Gasteiger partial charge is 0.207 e. The maximum Gasteiger partial charge on any atom is 0.248 e. The summed E-state index contributed by atoms with van der Waals surface area (Å²) in [6, 6.07) is 0. The molecular formula is C20H39F2. The molecule has 0 nitrogen and oxygen atoms in total. The minimum Gasteiger partial charge on any atom is -0.207 e. The number of hydrogen-bond acceptors (Lipinski definition) is 0. The minimum atomic E-state index is -2.47. The van der Waals surface area contributed by atoms with Crippen LogP contribution in [0.25, 0.3) is 0 Å². The van der Waals surface area contributed by atoms with Crippen molar-refractivity contribution in [3.63, 3.8) is 0 Å². The second-order valence-corrected chi connectivity index (χ2v) is 6.81. The van der Waals surface area contributed by atoms with Crippen LogP contribution in [0.15, 0.2) is 0 Å². The number of halogens is 2. The van der Waals surface area contributed by atoms with Crippen molar-refractivity contribution in [2.75, 3.05) is 0 Å². The normalized spacial score (nSPS) is 12.0. The highest BCUT2D eigenvalue weighted by molar-refractivity contribution is 4.66. The number of unbranched alkanes of at least 4 members (excludes halogenated alkanes) is 13. The molecule has 1 radical (unpaired) electrons. The van der Waals surface area contributed by atoms with Crippen molar-refractivity contribution < 1.29 is 8.78 Å². The molecule has 2 heteroatoms. The topological polar surface area (TPSA) is 0 Å². The van der Waals surface area contributed by atoms with Gasteiger partial charge in [-0.05, 0) is 12.8 Å². The Hall–Kier alpha value is -0.140. The monoisotopic (exact) mass is 317 g/mol. The molecule has 0 bridgehead atoms. The fourth-order valence-corrected chi connectivity index (χ4v) is 2.96. The molecule has 0 aromatic carbocycles. The highest BCUT2D eigenvalue weighted by Crippen LogP contribution is 2.27. The summed E-state index contributed by atoms with van der Waals surface area (Å²) >= 11 is 0. The van der Waals surface area contributed by atoms with Crippen LogP contribution in [0, 0.1) is 6.92 Å². The predicted octanol–water partition coefficient (Wildman–Crippen LogP) is 8.11. The van der Waals surface area contributed by atoms with Gasteiger partial charge in [-0.2, -0.15) is 0 Å². The summed E-state index contributed by atoms with van der Waals surface area (Å²) in [6.45, 7) is 5.77. The van der Waals surface area contributed by atoms with Crippen LogP contribution in [0.3, 0.4) is 0 Å². The molecule has 0 fully saturated rings. The summed E-state index contributed by atoms with van der Waals surface area (Å²) in [5.41, 5.74) is 0. The predicted molar refractivity (Wildman–Crippen MR) is 94.5 cm³/mol. The van der Waals surface area contributed by atoms with Gasteiger partial charge in [-0.3, -0.25) is 0 Å². The fourth-order valence-electron chi connectivity index (χ4n) is 2.96. The third kappa shape index (κ3) is 16.2. The zero-order valence-corrected chi connectivity index (χ0v) is 15.0. The van der Waals surface area contributed by atoms with Crippen LogP contribution in [-0.4, -0.2) is 5.92 Å². The van der Waals surface area contributed by atoms with Gasteiger partial charge < -0.3 is 0 Å². The average Bonchev–Trinajstić information content (AvgIpc) is 2.47. The first-order chi connectivity index (χ1) is 10.6. The second kappa shape index (κ2) is 15.7. The Bertz CT molecular complexity index is 214. The number of rotatable bonds is 17. The van der Waals surface area contributed by atoms with E-state index >= 15 is 0 Å². The van der Waals surface area contributed by atoms with E-state index in [2.05, 4.69) is 13.8 Å². The van der Waals surface area contributed by atoms with Gasteiger partial charge >= 0.3 is 0 Å². The molecule has 0 rings (SSSR count). The van der Waals surface area contributed by atoms with Crippen molar-refractivity contribution in [1.29, 1.82) is 0 Å². The second-order valence-electron chi connectivity index (χ2n) is 6.81. The molecule has 0 saturated carbocycles. The molecule has 0 aromatic rings. The van der Waals surface area contributed by atoms with Crippen LogP contribution >= 0.6 is 0 Å². The molecule has 0 aliphatic rings. The van der Waals surface area contributed by atoms with Crippen molar-refractivity contribution in [3.05, 3.63) is 6.92 Å². The van der Waals surface area contributed by atoms with Crippen molar-refractivity contribution in [2.24, 2.45) is 0 Å². The summed E-state index contributed by atoms with van der Waals surface area (Å²) in [7, 11) is 0. The first-order valence-corrected chi connectivity index (χ1v) is 9.79. The Kier molecular flexibility index (Phi) is 15.6. The average molecular weight is 318 g/mol. The van der Waals surface area contributed by atoms with Gasteiger partial charge in [-0.25, -0.2) is 8.78 Å². The lowest BCUT2D eigenvalue weighted by Gasteiger charge is -2.14. The van der Waals surface area contributed by atoms with Crippen molar-refractivity contribution >= 4 is 0 Å². The standard InChI is InChI=1S/C20H39F2/c1-3-5-6-7-8-9-10-11-12-13-14-15-16-17-19-20(21,22)18-4-2/h2-19H2,1H3. The quantitative estimate of drug-likeness (QED) is 0.238. The summed E-state index contributed by atoms with van der Waals surface area (Å²) < 4.78 is 26.5. The highest BCUT2D eigenvalue weighted by atomic mass is 19.3. The molecule has 0 aliphatic carbocycles. The maximum absolute atomic E-state index is 13.2. The van der Waals surface area contributed by atoms with Crippen LogP contribution in [0.4, 0.5) is 8.78 Å². The summed E-state index contributed by atoms with van der Waals surface area (Å²) in [6.07, 6.45) is 18.0. The molecule has 0 atom stereocenters. The van der Waals surface area contributed by atoms with Crippen molar-refractivity contribution in [1.82, 2.24) is 0 Å². The van der Waals surface area contributed by atoms with Crippen LogP contribution < -0.4 is 0 Å². The van der Waals surface area contributed by atoms with Gasteiger partial charge in [0, 0.05) is 12.8 Å². The Morgan fingerprint density at radius 3 is 1.32 bits per heavy atom. The zero-order chi connectivity index (χ0) is 16.5. The third-order valence-electron chi connectivity index (χ3n) is 4.44. The SMILES string of the molecule is [CH2]CCC(F)(F)CCCCCCCCCCCCCCCC. The lowest BCUT2D eigenvalue weighted by atomic mass is 10.0. The van der Waals surface area contributed by atoms with Gasteiger partial charge in [-0.15, -0.1) is 0 Å². The van der Waals surface area contributed by atoms with E-state index in [9.17, 15) is 8.78 Å². The van der Waals surface area contributed by atoms with E-state index < -0.39 is 5.92 Å². The minimum absolute atomic E-state index is 0.0502. The molecule has 22 heavy (non-hydrogen) atoms. The lowest BCUT2D eigenvalue weighted by molar-refractivity contribution is -0.0176. The summed E-state index contributed by atoms with van der Waals surface area (Å²) in [5.74, 6) is -2.47. The molecule has 0 N–H and O–H groups in total. The molecule has 0 amide bonds. The van der Waals surface area contributed by atoms with Gasteiger partial charge in [0.15, 0.2) is 0 Å². The number of hydrogen-bond donors (Lipinski definition) is 0. The van der Waals surface area contributed by atoms with Gasteiger partial charge in [0.05, 0.1) is 0 Å². The van der Waals surface area contributed by atoms with Crippen LogP contribution in [0.2, 0.25) is 0 Å². The van der Waals surface area contributed by atoms with E-state index in [1.165, 1.54) is 70.6 Å². The molecule has 0 saturated heterocycles. The zero-order valence-electron chi connectivity index (χ0n) is 15.0. The summed E-state index contributed by atoms with van der Waals surface area (Å²) in [4.78, 5) is 0. The van der Waals surface area contributed by atoms with E-state index in [4.69, 9.17) is 0 Å². The van der Waals surface area contributed by atoms with E-state index in [1.807, 2.05) is 0 Å². The molecule has 0 heterocycles. The first-order valence-electron chi connectivity index (χ1n) is 9.79. The highest BCUT2D eigenvalue weighted by Gasteiger charge is 2.26. The van der Waals surface area contributed by atoms with Crippen molar-refractivity contribution in [2.45, 2.75) is 122 Å². The first kappa shape index (κ1) is 21.9. The van der Waals surface area contributed by atoms with E-state index in [1.54, 1.807) is 0 Å². The Morgan fingerprint density at radius 2 is 0.955 bits per heavy atom. The van der Waals surface area contributed by atoms with E-state index in [-0.39, 0.29) is 12.8 Å². The molecule has 133 valence electrons. The lowest BCUT2D eigenvalue weighted by Crippen LogP contribution is -2.14. The van der Waals surface area contributed by atoms with Crippen LogP contribution in [0.1, 0.15) is 116 Å². The van der Waals surface area contributed by atoms with E-state index in [0.717, 1.165) is 12.8 Å². The van der Waals surface area contributed by atoms with Crippen LogP contribution in [0.5, 0.6) is 0 Å². The number of alkyl halides is 2. The van der Waals surface area contributed by atoms with Gasteiger partial charge in [0.1, 0.15) is 0 Å². The van der Waals surface area contributed by atoms with Gasteiger partial charge in [0.2, 0.25) is 5.92 Å². The largest absolute Gasteiger partial charge is 0.248 e. The van der Waals surface area contributed by atoms with Gasteiger partial charge in [0.25, 0.3) is 0 Å².